The zero-order chi connectivity index (χ0) is 10.4. The van der Waals surface area contributed by atoms with Crippen LogP contribution in [0.2, 0.25) is 0 Å². The van der Waals surface area contributed by atoms with Crippen LogP contribution in [0.3, 0.4) is 0 Å². The summed E-state index contributed by atoms with van der Waals surface area (Å²) < 4.78 is 0. The number of rotatable bonds is 2. The molecule has 0 saturated carbocycles. The van der Waals surface area contributed by atoms with Gasteiger partial charge in [0.05, 0.1) is 0 Å². The summed E-state index contributed by atoms with van der Waals surface area (Å²) in [5.41, 5.74) is 1.51. The van der Waals surface area contributed by atoms with Crippen LogP contribution in [-0.4, -0.2) is 0 Å². The van der Waals surface area contributed by atoms with Crippen LogP contribution >= 0.6 is 0 Å². The Morgan fingerprint density at radius 2 is 1.57 bits per heavy atom. The third-order valence-electron chi connectivity index (χ3n) is 1.80. The van der Waals surface area contributed by atoms with Gasteiger partial charge in [0.2, 0.25) is 0 Å². The second kappa shape index (κ2) is 4.80. The van der Waals surface area contributed by atoms with Gasteiger partial charge in [-0.15, -0.1) is 0 Å². The van der Waals surface area contributed by atoms with Gasteiger partial charge in [0, 0.05) is 0 Å². The van der Waals surface area contributed by atoms with Crippen LogP contribution in [0.5, 0.6) is 0 Å². The minimum Gasteiger partial charge on any atom is -0.0791 e. The van der Waals surface area contributed by atoms with Crippen molar-refractivity contribution in [1.29, 1.82) is 0 Å². The molecule has 0 N–H and O–H groups in total. The van der Waals surface area contributed by atoms with Crippen molar-refractivity contribution in [3.8, 4) is 0 Å². The van der Waals surface area contributed by atoms with E-state index in [2.05, 4.69) is 57.2 Å². The quantitative estimate of drug-likeness (QED) is 0.604. The Morgan fingerprint density at radius 3 is 2.14 bits per heavy atom. The van der Waals surface area contributed by atoms with E-state index < -0.39 is 0 Å². The molecule has 0 atom stereocenters. The summed E-state index contributed by atoms with van der Waals surface area (Å²) in [7, 11) is 0. The molecule has 1 aromatic carbocycles. The van der Waals surface area contributed by atoms with Crippen LogP contribution in [0.25, 0.3) is 6.08 Å². The first-order valence-electron chi connectivity index (χ1n) is 4.99. The normalized spacial score (nSPS) is 12.8. The molecule has 0 radical (unpaired) electrons. The highest BCUT2D eigenvalue weighted by molar-refractivity contribution is 5.50. The molecule has 0 unspecified atom stereocenters. The van der Waals surface area contributed by atoms with Crippen molar-refractivity contribution in [3.05, 3.63) is 54.1 Å². The van der Waals surface area contributed by atoms with E-state index >= 15 is 0 Å². The predicted octanol–water partition coefficient (Wildman–Crippen LogP) is 4.30. The Labute approximate surface area is 87.0 Å². The van der Waals surface area contributed by atoms with Crippen molar-refractivity contribution in [1.82, 2.24) is 0 Å². The molecule has 0 amide bonds. The van der Waals surface area contributed by atoms with Crippen molar-refractivity contribution in [2.24, 2.45) is 5.41 Å². The van der Waals surface area contributed by atoms with Crippen LogP contribution in [0.15, 0.2) is 48.6 Å². The number of hydrogen-bond donors (Lipinski definition) is 0. The molecule has 0 aliphatic heterocycles. The van der Waals surface area contributed by atoms with E-state index in [-0.39, 0.29) is 5.41 Å². The van der Waals surface area contributed by atoms with Crippen LogP contribution in [0.1, 0.15) is 26.3 Å². The van der Waals surface area contributed by atoms with E-state index in [1.807, 2.05) is 18.2 Å². The standard InChI is InChI=1S/C14H18/c1-14(2,3)12-8-7-11-13-9-5-4-6-10-13/h4-12H,1-3H3/b11-7-,12-8+. The maximum Gasteiger partial charge on any atom is -0.0200 e. The molecule has 0 heteroatoms. The Hall–Kier alpha value is -1.30. The summed E-state index contributed by atoms with van der Waals surface area (Å²) in [4.78, 5) is 0. The average Bonchev–Trinajstić information content (AvgIpc) is 2.13. The van der Waals surface area contributed by atoms with Gasteiger partial charge in [0.15, 0.2) is 0 Å². The van der Waals surface area contributed by atoms with Gasteiger partial charge in [0.1, 0.15) is 0 Å². The van der Waals surface area contributed by atoms with Gasteiger partial charge in [-0.05, 0) is 11.0 Å². The molecule has 0 saturated heterocycles. The summed E-state index contributed by atoms with van der Waals surface area (Å²) in [5.74, 6) is 0. The maximum atomic E-state index is 2.20. The zero-order valence-electron chi connectivity index (χ0n) is 9.20. The maximum absolute atomic E-state index is 2.20. The monoisotopic (exact) mass is 186 g/mol. The summed E-state index contributed by atoms with van der Waals surface area (Å²) in [6.07, 6.45) is 8.50. The van der Waals surface area contributed by atoms with Gasteiger partial charge in [-0.2, -0.15) is 0 Å². The molecular formula is C14H18. The van der Waals surface area contributed by atoms with E-state index in [0.717, 1.165) is 0 Å². The summed E-state index contributed by atoms with van der Waals surface area (Å²) >= 11 is 0. The minimum absolute atomic E-state index is 0.265. The number of allylic oxidation sites excluding steroid dienone is 3. The highest BCUT2D eigenvalue weighted by atomic mass is 14.1. The molecule has 0 heterocycles. The average molecular weight is 186 g/mol. The number of hydrogen-bond acceptors (Lipinski definition) is 0. The Balaban J connectivity index is 2.54. The lowest BCUT2D eigenvalue weighted by atomic mass is 9.96. The second-order valence-corrected chi connectivity index (χ2v) is 4.49. The fourth-order valence-electron chi connectivity index (χ4n) is 1.08. The topological polar surface area (TPSA) is 0 Å². The van der Waals surface area contributed by atoms with Crippen LogP contribution in [0, 0.1) is 5.41 Å². The number of benzene rings is 1. The van der Waals surface area contributed by atoms with Crippen LogP contribution in [0.4, 0.5) is 0 Å². The highest BCUT2D eigenvalue weighted by Crippen LogP contribution is 2.14. The van der Waals surface area contributed by atoms with Crippen molar-refractivity contribution < 1.29 is 0 Å². The van der Waals surface area contributed by atoms with Crippen molar-refractivity contribution in [2.75, 3.05) is 0 Å². The third kappa shape index (κ3) is 4.66. The molecule has 0 aromatic heterocycles. The van der Waals surface area contributed by atoms with E-state index in [1.165, 1.54) is 5.56 Å². The van der Waals surface area contributed by atoms with Gasteiger partial charge >= 0.3 is 0 Å². The van der Waals surface area contributed by atoms with E-state index in [1.54, 1.807) is 0 Å². The molecule has 74 valence electrons. The summed E-state index contributed by atoms with van der Waals surface area (Å²) in [6, 6.07) is 10.3. The van der Waals surface area contributed by atoms with Crippen LogP contribution in [-0.2, 0) is 0 Å². The first-order valence-corrected chi connectivity index (χ1v) is 4.99. The molecule has 1 rings (SSSR count). The van der Waals surface area contributed by atoms with Crippen LogP contribution < -0.4 is 0 Å². The molecule has 0 aliphatic rings. The van der Waals surface area contributed by atoms with Crippen molar-refractivity contribution in [2.45, 2.75) is 20.8 Å². The Kier molecular flexibility index (Phi) is 3.70. The van der Waals surface area contributed by atoms with Crippen molar-refractivity contribution >= 4 is 6.08 Å². The molecule has 0 aliphatic carbocycles. The molecule has 0 fully saturated rings. The fraction of sp³-hybridized carbons (Fsp3) is 0.286. The fourth-order valence-corrected chi connectivity index (χ4v) is 1.08. The lowest BCUT2D eigenvalue weighted by Crippen LogP contribution is -1.97. The molecule has 14 heavy (non-hydrogen) atoms. The minimum atomic E-state index is 0.265. The van der Waals surface area contributed by atoms with E-state index in [9.17, 15) is 0 Å². The largest absolute Gasteiger partial charge is 0.0791 e. The van der Waals surface area contributed by atoms with Gasteiger partial charge in [0.25, 0.3) is 0 Å². The summed E-state index contributed by atoms with van der Waals surface area (Å²) in [6.45, 7) is 6.58. The van der Waals surface area contributed by atoms with Gasteiger partial charge < -0.3 is 0 Å². The molecular weight excluding hydrogens is 168 g/mol. The molecule has 1 aromatic rings. The van der Waals surface area contributed by atoms with E-state index in [4.69, 9.17) is 0 Å². The molecule has 0 nitrogen and oxygen atoms in total. The Bertz CT molecular complexity index is 310. The van der Waals surface area contributed by atoms with Gasteiger partial charge in [-0.3, -0.25) is 0 Å². The lowest BCUT2D eigenvalue weighted by molar-refractivity contribution is 0.544. The summed E-state index contributed by atoms with van der Waals surface area (Å²) in [5, 5.41) is 0. The lowest BCUT2D eigenvalue weighted by Gasteiger charge is -2.09. The zero-order valence-corrected chi connectivity index (χ0v) is 9.20. The highest BCUT2D eigenvalue weighted by Gasteiger charge is 2.01. The Morgan fingerprint density at radius 1 is 0.929 bits per heavy atom. The van der Waals surface area contributed by atoms with Gasteiger partial charge in [-0.1, -0.05) is 75.4 Å². The SMILES string of the molecule is CC(C)(C)/C=C/C=C\c1ccccc1. The smallest absolute Gasteiger partial charge is 0.0200 e. The van der Waals surface area contributed by atoms with Gasteiger partial charge in [-0.25, -0.2) is 0 Å². The first-order chi connectivity index (χ1) is 6.58. The van der Waals surface area contributed by atoms with Crippen molar-refractivity contribution in [3.63, 3.8) is 0 Å². The third-order valence-corrected chi connectivity index (χ3v) is 1.80. The predicted molar refractivity (Wildman–Crippen MR) is 64.1 cm³/mol. The first kappa shape index (κ1) is 10.8. The molecule has 0 spiro atoms. The second-order valence-electron chi connectivity index (χ2n) is 4.49. The molecule has 0 bridgehead atoms. The van der Waals surface area contributed by atoms with E-state index in [0.29, 0.717) is 0 Å².